The van der Waals surface area contributed by atoms with Gasteiger partial charge in [0.25, 0.3) is 5.91 Å². The fourth-order valence-corrected chi connectivity index (χ4v) is 3.00. The molecular formula is C17H21FN4O4. The number of rotatable bonds is 4. The number of carbonyl (C=O) groups is 3. The van der Waals surface area contributed by atoms with E-state index in [1.165, 1.54) is 19.2 Å². The van der Waals surface area contributed by atoms with Crippen molar-refractivity contribution in [1.29, 1.82) is 0 Å². The van der Waals surface area contributed by atoms with E-state index in [1.807, 2.05) is 4.90 Å². The molecule has 0 spiro atoms. The molecule has 2 aliphatic rings. The van der Waals surface area contributed by atoms with Crippen molar-refractivity contribution in [3.63, 3.8) is 0 Å². The standard InChI is InChI=1S/C17H21FN4O4/c1-20-15(23)10-14(19-17(20)25)21-6-8-22(9-7-21)16(24)11-26-13-5-3-2-4-12(13)18/h2-5,14H,6-11H2,1H3,(H,19,25). The molecule has 8 nitrogen and oxygen atoms in total. The first-order valence-corrected chi connectivity index (χ1v) is 8.42. The quantitative estimate of drug-likeness (QED) is 0.828. The van der Waals surface area contributed by atoms with E-state index < -0.39 is 11.8 Å². The first-order chi connectivity index (χ1) is 12.5. The molecule has 2 saturated heterocycles. The molecule has 2 aliphatic heterocycles. The second-order valence-electron chi connectivity index (χ2n) is 6.26. The molecular weight excluding hydrogens is 343 g/mol. The average molecular weight is 364 g/mol. The summed E-state index contributed by atoms with van der Waals surface area (Å²) in [6.07, 6.45) is -0.134. The summed E-state index contributed by atoms with van der Waals surface area (Å²) < 4.78 is 18.8. The maximum atomic E-state index is 13.5. The van der Waals surface area contributed by atoms with Crippen LogP contribution in [0.5, 0.6) is 5.75 Å². The third-order valence-electron chi connectivity index (χ3n) is 4.63. The number of carbonyl (C=O) groups excluding carboxylic acids is 3. The normalized spacial score (nSPS) is 21.5. The second-order valence-corrected chi connectivity index (χ2v) is 6.26. The van der Waals surface area contributed by atoms with Gasteiger partial charge >= 0.3 is 6.03 Å². The highest BCUT2D eigenvalue weighted by Crippen LogP contribution is 2.16. The zero-order valence-corrected chi connectivity index (χ0v) is 14.5. The summed E-state index contributed by atoms with van der Waals surface area (Å²) in [4.78, 5) is 40.5. The van der Waals surface area contributed by atoms with Gasteiger partial charge in [-0.15, -0.1) is 0 Å². The molecule has 2 fully saturated rings. The number of nitrogens with zero attached hydrogens (tertiary/aromatic N) is 3. The topological polar surface area (TPSA) is 82.2 Å². The summed E-state index contributed by atoms with van der Waals surface area (Å²) in [7, 11) is 1.44. The van der Waals surface area contributed by atoms with Crippen molar-refractivity contribution in [3.8, 4) is 5.75 Å². The zero-order chi connectivity index (χ0) is 18.7. The molecule has 1 aromatic carbocycles. The van der Waals surface area contributed by atoms with Crippen LogP contribution in [0.1, 0.15) is 6.42 Å². The molecule has 1 atom stereocenters. The van der Waals surface area contributed by atoms with Crippen LogP contribution in [-0.2, 0) is 9.59 Å². The predicted octanol–water partition coefficient (Wildman–Crippen LogP) is 0.247. The Morgan fingerprint density at radius 2 is 1.92 bits per heavy atom. The van der Waals surface area contributed by atoms with Crippen LogP contribution in [0.3, 0.4) is 0 Å². The third-order valence-corrected chi connectivity index (χ3v) is 4.63. The fourth-order valence-electron chi connectivity index (χ4n) is 3.00. The van der Waals surface area contributed by atoms with E-state index in [1.54, 1.807) is 17.0 Å². The smallest absolute Gasteiger partial charge is 0.325 e. The number of hydrogen-bond donors (Lipinski definition) is 1. The second kappa shape index (κ2) is 7.69. The van der Waals surface area contributed by atoms with Gasteiger partial charge in [-0.1, -0.05) is 12.1 Å². The van der Waals surface area contributed by atoms with Gasteiger partial charge in [0.1, 0.15) is 0 Å². The number of amides is 4. The van der Waals surface area contributed by atoms with Crippen LogP contribution in [0.25, 0.3) is 0 Å². The summed E-state index contributed by atoms with van der Waals surface area (Å²) in [5.74, 6) is -0.910. The molecule has 0 saturated carbocycles. The Morgan fingerprint density at radius 1 is 1.23 bits per heavy atom. The van der Waals surface area contributed by atoms with Crippen molar-refractivity contribution < 1.29 is 23.5 Å². The maximum Gasteiger partial charge on any atom is 0.325 e. The van der Waals surface area contributed by atoms with E-state index in [4.69, 9.17) is 4.74 Å². The highest BCUT2D eigenvalue weighted by atomic mass is 19.1. The minimum Gasteiger partial charge on any atom is -0.481 e. The zero-order valence-electron chi connectivity index (χ0n) is 14.5. The van der Waals surface area contributed by atoms with Crippen molar-refractivity contribution in [2.45, 2.75) is 12.6 Å². The number of urea groups is 1. The van der Waals surface area contributed by atoms with Crippen molar-refractivity contribution in [2.75, 3.05) is 39.8 Å². The van der Waals surface area contributed by atoms with Crippen molar-refractivity contribution in [1.82, 2.24) is 20.0 Å². The van der Waals surface area contributed by atoms with E-state index in [0.29, 0.717) is 26.2 Å². The van der Waals surface area contributed by atoms with Crippen LogP contribution >= 0.6 is 0 Å². The van der Waals surface area contributed by atoms with E-state index in [-0.39, 0.29) is 36.8 Å². The van der Waals surface area contributed by atoms with Crippen molar-refractivity contribution >= 4 is 17.8 Å². The molecule has 0 aliphatic carbocycles. The van der Waals surface area contributed by atoms with Gasteiger partial charge in [0, 0.05) is 33.2 Å². The highest BCUT2D eigenvalue weighted by Gasteiger charge is 2.34. The summed E-state index contributed by atoms with van der Waals surface area (Å²) in [6, 6.07) is 5.52. The minimum absolute atomic E-state index is 0.0482. The lowest BCUT2D eigenvalue weighted by molar-refractivity contribution is -0.137. The summed E-state index contributed by atoms with van der Waals surface area (Å²) in [6.45, 7) is 1.75. The van der Waals surface area contributed by atoms with Gasteiger partial charge in [-0.2, -0.15) is 0 Å². The fraction of sp³-hybridized carbons (Fsp3) is 0.471. The van der Waals surface area contributed by atoms with Crippen LogP contribution in [0.15, 0.2) is 24.3 Å². The maximum absolute atomic E-state index is 13.5. The van der Waals surface area contributed by atoms with E-state index in [2.05, 4.69) is 5.32 Å². The number of ether oxygens (including phenoxy) is 1. The lowest BCUT2D eigenvalue weighted by Crippen LogP contribution is -2.62. The van der Waals surface area contributed by atoms with Gasteiger partial charge in [0.05, 0.1) is 12.6 Å². The van der Waals surface area contributed by atoms with Crippen LogP contribution in [0.4, 0.5) is 9.18 Å². The monoisotopic (exact) mass is 364 g/mol. The van der Waals surface area contributed by atoms with Gasteiger partial charge in [-0.25, -0.2) is 9.18 Å². The van der Waals surface area contributed by atoms with Gasteiger partial charge < -0.3 is 15.0 Å². The van der Waals surface area contributed by atoms with Crippen LogP contribution in [-0.4, -0.2) is 78.5 Å². The Kier molecular flexibility index (Phi) is 5.36. The molecule has 0 bridgehead atoms. The number of para-hydroxylation sites is 1. The van der Waals surface area contributed by atoms with Gasteiger partial charge in [0.2, 0.25) is 5.91 Å². The Morgan fingerprint density at radius 3 is 2.58 bits per heavy atom. The molecule has 1 aromatic rings. The average Bonchev–Trinajstić information content (AvgIpc) is 2.65. The van der Waals surface area contributed by atoms with Crippen LogP contribution in [0.2, 0.25) is 0 Å². The summed E-state index contributed by atoms with van der Waals surface area (Å²) in [5, 5.41) is 2.79. The predicted molar refractivity (Wildman–Crippen MR) is 89.8 cm³/mol. The van der Waals surface area contributed by atoms with E-state index in [9.17, 15) is 18.8 Å². The van der Waals surface area contributed by atoms with Crippen molar-refractivity contribution in [2.24, 2.45) is 0 Å². The Bertz CT molecular complexity index is 688. The SMILES string of the molecule is CN1C(=O)CC(N2CCN(C(=O)COc3ccccc3F)CC2)NC1=O. The molecule has 3 rings (SSSR count). The first-order valence-electron chi connectivity index (χ1n) is 8.42. The summed E-state index contributed by atoms with van der Waals surface area (Å²) in [5.41, 5.74) is 0. The molecule has 2 heterocycles. The largest absolute Gasteiger partial charge is 0.481 e. The number of benzene rings is 1. The van der Waals surface area contributed by atoms with Crippen LogP contribution in [0, 0.1) is 5.82 Å². The lowest BCUT2D eigenvalue weighted by atomic mass is 10.2. The molecule has 140 valence electrons. The van der Waals surface area contributed by atoms with Gasteiger partial charge in [0.15, 0.2) is 18.2 Å². The van der Waals surface area contributed by atoms with Crippen LogP contribution < -0.4 is 10.1 Å². The first kappa shape index (κ1) is 18.1. The number of halogens is 1. The highest BCUT2D eigenvalue weighted by molar-refractivity contribution is 5.96. The molecule has 0 aromatic heterocycles. The summed E-state index contributed by atoms with van der Waals surface area (Å²) >= 11 is 0. The number of nitrogens with one attached hydrogen (secondary N) is 1. The van der Waals surface area contributed by atoms with Gasteiger partial charge in [-0.05, 0) is 12.1 Å². The van der Waals surface area contributed by atoms with E-state index in [0.717, 1.165) is 4.90 Å². The number of hydrogen-bond acceptors (Lipinski definition) is 5. The van der Waals surface area contributed by atoms with Gasteiger partial charge in [-0.3, -0.25) is 19.4 Å². The molecule has 1 unspecified atom stereocenters. The molecule has 0 radical (unpaired) electrons. The Balaban J connectivity index is 1.47. The Hall–Kier alpha value is -2.68. The molecule has 9 heteroatoms. The van der Waals surface area contributed by atoms with Crippen molar-refractivity contribution in [3.05, 3.63) is 30.1 Å². The third kappa shape index (κ3) is 3.93. The van der Waals surface area contributed by atoms with E-state index >= 15 is 0 Å². The molecule has 1 N–H and O–H groups in total. The lowest BCUT2D eigenvalue weighted by Gasteiger charge is -2.41. The molecule has 26 heavy (non-hydrogen) atoms. The number of piperazine rings is 1. The Labute approximate surface area is 150 Å². The minimum atomic E-state index is -0.507. The molecule has 4 amide bonds. The number of imide groups is 1.